The third kappa shape index (κ3) is 8.88. The van der Waals surface area contributed by atoms with E-state index in [0.717, 1.165) is 31.0 Å². The first-order valence-corrected chi connectivity index (χ1v) is 6.71. The van der Waals surface area contributed by atoms with Crippen LogP contribution in [0.15, 0.2) is 0 Å². The molecule has 0 aromatic carbocycles. The maximum Gasteiger partial charge on any atom is 0.220 e. The van der Waals surface area contributed by atoms with Gasteiger partial charge in [0.25, 0.3) is 0 Å². The fraction of sp³-hybridized carbons (Fsp3) is 0.909. The van der Waals surface area contributed by atoms with E-state index in [1.54, 1.807) is 7.11 Å². The zero-order valence-corrected chi connectivity index (χ0v) is 11.3. The molecule has 1 unspecified atom stereocenters. The second-order valence-electron chi connectivity index (χ2n) is 3.65. The van der Waals surface area contributed by atoms with E-state index in [2.05, 4.69) is 28.2 Å². The average molecular weight is 280 g/mol. The first kappa shape index (κ1) is 14.9. The van der Waals surface area contributed by atoms with Gasteiger partial charge in [0.2, 0.25) is 5.91 Å². The number of halogens is 1. The van der Waals surface area contributed by atoms with E-state index in [0.29, 0.717) is 13.0 Å². The predicted octanol–water partition coefficient (Wildman–Crippen LogP) is 2.48. The van der Waals surface area contributed by atoms with Crippen molar-refractivity contribution in [2.75, 3.05) is 19.0 Å². The van der Waals surface area contributed by atoms with Gasteiger partial charge in [-0.25, -0.2) is 0 Å². The minimum Gasteiger partial charge on any atom is -0.383 e. The van der Waals surface area contributed by atoms with Crippen LogP contribution >= 0.6 is 15.9 Å². The first-order chi connectivity index (χ1) is 7.24. The molecule has 3 nitrogen and oxygen atoms in total. The molecule has 0 aromatic rings. The molecule has 0 heterocycles. The molecule has 0 rings (SSSR count). The molecule has 90 valence electrons. The largest absolute Gasteiger partial charge is 0.383 e. The molecule has 0 spiro atoms. The Hall–Kier alpha value is -0.0900. The summed E-state index contributed by atoms with van der Waals surface area (Å²) in [5.74, 6) is 0.145. The predicted molar refractivity (Wildman–Crippen MR) is 66.4 cm³/mol. The van der Waals surface area contributed by atoms with Crippen LogP contribution in [0.1, 0.15) is 39.0 Å². The van der Waals surface area contributed by atoms with E-state index in [1.807, 2.05) is 0 Å². The van der Waals surface area contributed by atoms with Gasteiger partial charge in [-0.2, -0.15) is 0 Å². The van der Waals surface area contributed by atoms with Crippen molar-refractivity contribution < 1.29 is 9.53 Å². The summed E-state index contributed by atoms with van der Waals surface area (Å²) in [6.45, 7) is 2.72. The molecular weight excluding hydrogens is 258 g/mol. The lowest BCUT2D eigenvalue weighted by molar-refractivity contribution is -0.122. The lowest BCUT2D eigenvalue weighted by atomic mass is 10.2. The molecule has 0 saturated heterocycles. The van der Waals surface area contributed by atoms with Crippen LogP contribution in [-0.2, 0) is 9.53 Å². The Morgan fingerprint density at radius 2 is 2.20 bits per heavy atom. The third-order valence-electron chi connectivity index (χ3n) is 2.20. The topological polar surface area (TPSA) is 38.3 Å². The van der Waals surface area contributed by atoms with Gasteiger partial charge in [0.15, 0.2) is 0 Å². The molecular formula is C11H22BrNO2. The molecule has 0 aliphatic carbocycles. The molecule has 1 amide bonds. The first-order valence-electron chi connectivity index (χ1n) is 5.58. The molecule has 0 fully saturated rings. The van der Waals surface area contributed by atoms with Gasteiger partial charge in [-0.1, -0.05) is 35.7 Å². The van der Waals surface area contributed by atoms with Crippen molar-refractivity contribution >= 4 is 21.8 Å². The summed E-state index contributed by atoms with van der Waals surface area (Å²) in [6.07, 6.45) is 4.80. The van der Waals surface area contributed by atoms with Gasteiger partial charge >= 0.3 is 0 Å². The number of rotatable bonds is 9. The van der Waals surface area contributed by atoms with Crippen LogP contribution in [0.4, 0.5) is 0 Å². The number of nitrogens with one attached hydrogen (secondary N) is 1. The molecule has 1 atom stereocenters. The summed E-state index contributed by atoms with van der Waals surface area (Å²) in [7, 11) is 1.66. The molecule has 0 aromatic heterocycles. The van der Waals surface area contributed by atoms with Crippen molar-refractivity contribution in [3.63, 3.8) is 0 Å². The van der Waals surface area contributed by atoms with Gasteiger partial charge < -0.3 is 10.1 Å². The van der Waals surface area contributed by atoms with Gasteiger partial charge in [-0.15, -0.1) is 0 Å². The summed E-state index contributed by atoms with van der Waals surface area (Å²) < 4.78 is 5.05. The van der Waals surface area contributed by atoms with E-state index >= 15 is 0 Å². The smallest absolute Gasteiger partial charge is 0.220 e. The fourth-order valence-corrected chi connectivity index (χ4v) is 1.92. The maximum absolute atomic E-state index is 11.5. The van der Waals surface area contributed by atoms with Crippen molar-refractivity contribution in [2.45, 2.75) is 45.1 Å². The third-order valence-corrected chi connectivity index (χ3v) is 2.66. The van der Waals surface area contributed by atoms with Gasteiger partial charge in [-0.05, 0) is 12.8 Å². The van der Waals surface area contributed by atoms with Crippen LogP contribution in [0, 0.1) is 0 Å². The Morgan fingerprint density at radius 1 is 1.47 bits per heavy atom. The lowest BCUT2D eigenvalue weighted by Gasteiger charge is -2.16. The number of ether oxygens (including phenoxy) is 1. The molecule has 0 bridgehead atoms. The second kappa shape index (κ2) is 10.4. The second-order valence-corrected chi connectivity index (χ2v) is 4.45. The number of hydrogen-bond acceptors (Lipinski definition) is 2. The summed E-state index contributed by atoms with van der Waals surface area (Å²) in [5, 5.41) is 3.87. The van der Waals surface area contributed by atoms with Crippen molar-refractivity contribution in [3.05, 3.63) is 0 Å². The van der Waals surface area contributed by atoms with Crippen LogP contribution in [-0.4, -0.2) is 31.0 Å². The van der Waals surface area contributed by atoms with Gasteiger partial charge in [0.1, 0.15) is 0 Å². The highest BCUT2D eigenvalue weighted by Gasteiger charge is 2.10. The van der Waals surface area contributed by atoms with E-state index in [4.69, 9.17) is 4.74 Å². The number of amides is 1. The Kier molecular flexibility index (Phi) is 10.4. The Balaban J connectivity index is 3.67. The number of methoxy groups -OCH3 is 1. The summed E-state index contributed by atoms with van der Waals surface area (Å²) >= 11 is 3.37. The molecule has 0 aliphatic rings. The molecule has 0 radical (unpaired) electrons. The minimum atomic E-state index is 0.142. The van der Waals surface area contributed by atoms with Crippen LogP contribution in [0.3, 0.4) is 0 Å². The molecule has 15 heavy (non-hydrogen) atoms. The molecule has 0 saturated carbocycles. The quantitative estimate of drug-likeness (QED) is 0.520. The highest BCUT2D eigenvalue weighted by Crippen LogP contribution is 2.01. The fourth-order valence-electron chi connectivity index (χ4n) is 1.37. The Labute approximate surface area is 101 Å². The standard InChI is InChI=1S/C11H22BrNO2/c1-3-4-5-6-11(14)13-10(7-8-12)9-15-2/h10H,3-9H2,1-2H3,(H,13,14). The van der Waals surface area contributed by atoms with E-state index in [-0.39, 0.29) is 11.9 Å². The SMILES string of the molecule is CCCCCC(=O)NC(CCBr)COC. The zero-order chi connectivity index (χ0) is 11.5. The van der Waals surface area contributed by atoms with Crippen LogP contribution < -0.4 is 5.32 Å². The van der Waals surface area contributed by atoms with Crippen molar-refractivity contribution in [3.8, 4) is 0 Å². The number of alkyl halides is 1. The van der Waals surface area contributed by atoms with Crippen molar-refractivity contribution in [1.29, 1.82) is 0 Å². The van der Waals surface area contributed by atoms with E-state index < -0.39 is 0 Å². The van der Waals surface area contributed by atoms with E-state index in [1.165, 1.54) is 0 Å². The zero-order valence-electron chi connectivity index (χ0n) is 9.72. The average Bonchev–Trinajstić information content (AvgIpc) is 2.19. The van der Waals surface area contributed by atoms with Crippen LogP contribution in [0.2, 0.25) is 0 Å². The summed E-state index contributed by atoms with van der Waals surface area (Å²) in [4.78, 5) is 11.5. The van der Waals surface area contributed by atoms with Crippen LogP contribution in [0.5, 0.6) is 0 Å². The monoisotopic (exact) mass is 279 g/mol. The molecule has 4 heteroatoms. The van der Waals surface area contributed by atoms with Crippen molar-refractivity contribution in [1.82, 2.24) is 5.32 Å². The molecule has 1 N–H and O–H groups in total. The normalized spacial score (nSPS) is 12.5. The minimum absolute atomic E-state index is 0.142. The summed E-state index contributed by atoms with van der Waals surface area (Å²) in [6, 6.07) is 0.142. The number of carbonyl (C=O) groups is 1. The highest BCUT2D eigenvalue weighted by atomic mass is 79.9. The highest BCUT2D eigenvalue weighted by molar-refractivity contribution is 9.09. The Morgan fingerprint density at radius 3 is 2.73 bits per heavy atom. The summed E-state index contributed by atoms with van der Waals surface area (Å²) in [5.41, 5.74) is 0. The number of hydrogen-bond donors (Lipinski definition) is 1. The number of unbranched alkanes of at least 4 members (excludes halogenated alkanes) is 2. The number of carbonyl (C=O) groups excluding carboxylic acids is 1. The van der Waals surface area contributed by atoms with E-state index in [9.17, 15) is 4.79 Å². The van der Waals surface area contributed by atoms with Gasteiger partial charge in [0, 0.05) is 18.9 Å². The molecule has 0 aliphatic heterocycles. The van der Waals surface area contributed by atoms with Gasteiger partial charge in [-0.3, -0.25) is 4.79 Å². The van der Waals surface area contributed by atoms with Crippen molar-refractivity contribution in [2.24, 2.45) is 0 Å². The van der Waals surface area contributed by atoms with Crippen LogP contribution in [0.25, 0.3) is 0 Å². The van der Waals surface area contributed by atoms with Gasteiger partial charge in [0.05, 0.1) is 12.6 Å². The Bertz CT molecular complexity index is 159. The maximum atomic E-state index is 11.5. The lowest BCUT2D eigenvalue weighted by Crippen LogP contribution is -2.38.